The third-order valence-corrected chi connectivity index (χ3v) is 10.9. The van der Waals surface area contributed by atoms with Gasteiger partial charge in [-0.15, -0.1) is 11.3 Å². The molecule has 0 aliphatic heterocycles. The summed E-state index contributed by atoms with van der Waals surface area (Å²) in [6.45, 7) is 8.02. The van der Waals surface area contributed by atoms with Crippen molar-refractivity contribution in [3.8, 4) is 51.0 Å². The van der Waals surface area contributed by atoms with Crippen LogP contribution in [0.2, 0.25) is 0 Å². The first kappa shape index (κ1) is 29.9. The minimum absolute atomic E-state index is 0.559. The van der Waals surface area contributed by atoms with Gasteiger partial charge in [-0.25, -0.2) is 19.8 Å². The Morgan fingerprint density at radius 3 is 1.81 bits per heavy atom. The van der Waals surface area contributed by atoms with E-state index in [1.54, 1.807) is 0 Å². The Labute approximate surface area is 303 Å². The number of aromatic nitrogens is 4. The Bertz CT molecular complexity index is 2970. The number of fused-ring (bicyclic) bond motifs is 7. The van der Waals surface area contributed by atoms with Crippen LogP contribution in [0.1, 0.15) is 0 Å². The van der Waals surface area contributed by atoms with Crippen molar-refractivity contribution in [1.29, 1.82) is 0 Å². The van der Waals surface area contributed by atoms with Crippen LogP contribution in [0.5, 0.6) is 0 Å². The first-order valence-electron chi connectivity index (χ1n) is 17.1. The molecule has 52 heavy (non-hydrogen) atoms. The van der Waals surface area contributed by atoms with Gasteiger partial charge in [0.1, 0.15) is 0 Å². The van der Waals surface area contributed by atoms with Crippen LogP contribution < -0.4 is 0 Å². The summed E-state index contributed by atoms with van der Waals surface area (Å²) in [7, 11) is 0. The largest absolute Gasteiger partial charge is 0.309 e. The molecule has 0 aliphatic carbocycles. The fraction of sp³-hybridized carbons (Fsp3) is 0. The third kappa shape index (κ3) is 4.87. The normalized spacial score (nSPS) is 11.4. The molecule has 0 radical (unpaired) electrons. The zero-order valence-corrected chi connectivity index (χ0v) is 28.5. The van der Waals surface area contributed by atoms with Gasteiger partial charge in [-0.2, -0.15) is 0 Å². The van der Waals surface area contributed by atoms with Crippen molar-refractivity contribution in [3.63, 3.8) is 0 Å². The highest BCUT2D eigenvalue weighted by atomic mass is 32.1. The van der Waals surface area contributed by atoms with Gasteiger partial charge in [-0.3, -0.25) is 0 Å². The average molecular weight is 682 g/mol. The van der Waals surface area contributed by atoms with Crippen LogP contribution in [0.4, 0.5) is 5.69 Å². The van der Waals surface area contributed by atoms with Crippen LogP contribution in [-0.4, -0.2) is 19.5 Å². The molecule has 0 N–H and O–H groups in total. The predicted molar refractivity (Wildman–Crippen MR) is 215 cm³/mol. The number of hydrogen-bond acceptors (Lipinski definition) is 4. The minimum Gasteiger partial charge on any atom is -0.309 e. The number of benzene rings is 7. The van der Waals surface area contributed by atoms with Crippen molar-refractivity contribution in [2.75, 3.05) is 0 Å². The van der Waals surface area contributed by atoms with E-state index in [4.69, 9.17) is 21.5 Å². The summed E-state index contributed by atoms with van der Waals surface area (Å²) in [6.07, 6.45) is 0. The smallest absolute Gasteiger partial charge is 0.194 e. The van der Waals surface area contributed by atoms with Crippen LogP contribution in [0, 0.1) is 6.57 Å². The van der Waals surface area contributed by atoms with E-state index >= 15 is 0 Å². The Morgan fingerprint density at radius 1 is 0.481 bits per heavy atom. The topological polar surface area (TPSA) is 48.0 Å². The first-order chi connectivity index (χ1) is 25.7. The first-order valence-corrected chi connectivity index (χ1v) is 17.9. The van der Waals surface area contributed by atoms with Gasteiger partial charge in [0.05, 0.1) is 17.6 Å². The van der Waals surface area contributed by atoms with Crippen molar-refractivity contribution in [1.82, 2.24) is 19.5 Å². The van der Waals surface area contributed by atoms with E-state index in [0.717, 1.165) is 44.5 Å². The van der Waals surface area contributed by atoms with Crippen molar-refractivity contribution in [2.24, 2.45) is 0 Å². The zero-order chi connectivity index (χ0) is 34.6. The molecule has 0 spiro atoms. The van der Waals surface area contributed by atoms with Gasteiger partial charge in [0.15, 0.2) is 23.2 Å². The van der Waals surface area contributed by atoms with Crippen molar-refractivity contribution >= 4 is 59.0 Å². The van der Waals surface area contributed by atoms with Crippen molar-refractivity contribution in [3.05, 3.63) is 175 Å². The molecule has 0 unspecified atom stereocenters. The fourth-order valence-corrected chi connectivity index (χ4v) is 8.55. The van der Waals surface area contributed by atoms with Gasteiger partial charge in [0, 0.05) is 53.3 Å². The van der Waals surface area contributed by atoms with Crippen LogP contribution in [-0.2, 0) is 0 Å². The second-order valence-corrected chi connectivity index (χ2v) is 13.8. The summed E-state index contributed by atoms with van der Waals surface area (Å²) in [5.41, 5.74) is 8.19. The van der Waals surface area contributed by atoms with Gasteiger partial charge in [-0.1, -0.05) is 127 Å². The molecule has 0 aliphatic rings. The fourth-order valence-electron chi connectivity index (χ4n) is 7.29. The quantitative estimate of drug-likeness (QED) is 0.170. The Hall–Kier alpha value is -6.94. The van der Waals surface area contributed by atoms with E-state index in [-0.39, 0.29) is 0 Å². The Morgan fingerprint density at radius 2 is 1.08 bits per heavy atom. The molecule has 0 amide bonds. The van der Waals surface area contributed by atoms with E-state index in [2.05, 4.69) is 88.3 Å². The second kappa shape index (κ2) is 12.1. The predicted octanol–water partition coefficient (Wildman–Crippen LogP) is 12.6. The van der Waals surface area contributed by atoms with Gasteiger partial charge in [0.25, 0.3) is 0 Å². The molecule has 10 rings (SSSR count). The minimum atomic E-state index is 0.559. The van der Waals surface area contributed by atoms with Crippen LogP contribution in [0.25, 0.3) is 97.8 Å². The van der Waals surface area contributed by atoms with Gasteiger partial charge >= 0.3 is 0 Å². The number of rotatable bonds is 5. The molecule has 0 atom stereocenters. The molecule has 6 heteroatoms. The van der Waals surface area contributed by atoms with Gasteiger partial charge in [0.2, 0.25) is 0 Å². The molecular formula is C46H27N5S. The number of thiophene rings is 1. The van der Waals surface area contributed by atoms with E-state index in [1.807, 2.05) is 96.3 Å². The molecule has 10 aromatic rings. The van der Waals surface area contributed by atoms with Gasteiger partial charge in [-0.05, 0) is 47.5 Å². The molecule has 3 aromatic heterocycles. The van der Waals surface area contributed by atoms with E-state index < -0.39 is 0 Å². The molecule has 3 heterocycles. The van der Waals surface area contributed by atoms with Crippen molar-refractivity contribution in [2.45, 2.75) is 0 Å². The monoisotopic (exact) mass is 681 g/mol. The summed E-state index contributed by atoms with van der Waals surface area (Å²) >= 11 is 1.84. The lowest BCUT2D eigenvalue weighted by molar-refractivity contribution is 1.07. The Kier molecular flexibility index (Phi) is 6.98. The summed E-state index contributed by atoms with van der Waals surface area (Å²) in [6, 6.07) is 56.1. The zero-order valence-electron chi connectivity index (χ0n) is 27.7. The maximum atomic E-state index is 8.02. The average Bonchev–Trinajstić information content (AvgIpc) is 3.77. The maximum absolute atomic E-state index is 8.02. The summed E-state index contributed by atoms with van der Waals surface area (Å²) in [4.78, 5) is 19.0. The number of nitrogens with zero attached hydrogens (tertiary/aromatic N) is 5. The summed E-state index contributed by atoms with van der Waals surface area (Å²) < 4.78 is 4.90. The highest BCUT2D eigenvalue weighted by Crippen LogP contribution is 2.44. The maximum Gasteiger partial charge on any atom is 0.194 e. The van der Waals surface area contributed by atoms with Crippen LogP contribution in [0.3, 0.4) is 0 Å². The lowest BCUT2D eigenvalue weighted by Crippen LogP contribution is -2.01. The van der Waals surface area contributed by atoms with Crippen LogP contribution >= 0.6 is 11.3 Å². The van der Waals surface area contributed by atoms with Crippen LogP contribution in [0.15, 0.2) is 164 Å². The van der Waals surface area contributed by atoms with E-state index in [1.165, 1.54) is 30.9 Å². The molecule has 0 saturated carbocycles. The standard InChI is InChI=1S/C46H27N5S/c1-47-38-21-11-8-18-34(38)31-26-32(46-49-44(29-14-4-2-5-15-29)48-45(50-46)30-16-6-3-7-17-30)28-33(27-31)51-39-22-12-9-20-37(39)42-40(51)25-24-36-35-19-10-13-23-41(35)52-43(36)42/h2-28H. The highest BCUT2D eigenvalue weighted by molar-refractivity contribution is 7.26. The number of para-hydroxylation sites is 2. The van der Waals surface area contributed by atoms with Crippen molar-refractivity contribution < 1.29 is 0 Å². The molecule has 7 aromatic carbocycles. The third-order valence-electron chi connectivity index (χ3n) is 9.65. The molecule has 0 saturated heterocycles. The summed E-state index contributed by atoms with van der Waals surface area (Å²) in [5, 5.41) is 4.98. The molecule has 5 nitrogen and oxygen atoms in total. The van der Waals surface area contributed by atoms with E-state index in [9.17, 15) is 0 Å². The molecular weight excluding hydrogens is 655 g/mol. The molecule has 0 fully saturated rings. The number of hydrogen-bond donors (Lipinski definition) is 0. The lowest BCUT2D eigenvalue weighted by Gasteiger charge is -2.15. The lowest BCUT2D eigenvalue weighted by atomic mass is 9.99. The molecule has 0 bridgehead atoms. The summed E-state index contributed by atoms with van der Waals surface area (Å²) in [5.74, 6) is 1.76. The Balaban J connectivity index is 1.29. The SMILES string of the molecule is [C-]#[N+]c1ccccc1-c1cc(-c2nc(-c3ccccc3)nc(-c3ccccc3)n2)cc(-n2c3ccccc3c3c4sc5ccccc5c4ccc32)c1. The van der Waals surface area contributed by atoms with E-state index in [0.29, 0.717) is 23.2 Å². The highest BCUT2D eigenvalue weighted by Gasteiger charge is 2.20. The van der Waals surface area contributed by atoms with Gasteiger partial charge < -0.3 is 4.57 Å². The second-order valence-electron chi connectivity index (χ2n) is 12.7. The molecule has 242 valence electrons.